The van der Waals surface area contributed by atoms with E-state index < -0.39 is 5.97 Å². The second-order valence-corrected chi connectivity index (χ2v) is 7.71. The van der Waals surface area contributed by atoms with Crippen LogP contribution in [0.3, 0.4) is 0 Å². The standard InChI is InChI=1S/C22H20ClN3O3/c1-13-2-8-19-17(10-13)15(5-9-20(27)28)12-26(19)22(29)18-11-24-25-21(18)14-3-6-16(23)7-4-14/h2-4,6-8,10-11,15H,5,9,12H2,1H3,(H,24,25)(H,27,28). The molecule has 0 aliphatic carbocycles. The lowest BCUT2D eigenvalue weighted by atomic mass is 9.95. The molecule has 0 saturated carbocycles. The monoisotopic (exact) mass is 409 g/mol. The molecule has 0 spiro atoms. The van der Waals surface area contributed by atoms with Crippen molar-refractivity contribution in [2.75, 3.05) is 11.4 Å². The Hall–Kier alpha value is -3.12. The van der Waals surface area contributed by atoms with Crippen LogP contribution in [0.2, 0.25) is 5.02 Å². The van der Waals surface area contributed by atoms with Crippen molar-refractivity contribution >= 4 is 29.2 Å². The fourth-order valence-electron chi connectivity index (χ4n) is 3.83. The molecule has 6 nitrogen and oxygen atoms in total. The number of carbonyl (C=O) groups excluding carboxylic acids is 1. The number of aryl methyl sites for hydroxylation is 1. The van der Waals surface area contributed by atoms with E-state index in [1.54, 1.807) is 17.0 Å². The Morgan fingerprint density at radius 3 is 2.72 bits per heavy atom. The summed E-state index contributed by atoms with van der Waals surface area (Å²) in [7, 11) is 0. The van der Waals surface area contributed by atoms with Gasteiger partial charge >= 0.3 is 5.97 Å². The summed E-state index contributed by atoms with van der Waals surface area (Å²) >= 11 is 5.97. The van der Waals surface area contributed by atoms with Gasteiger partial charge in [-0.3, -0.25) is 14.7 Å². The van der Waals surface area contributed by atoms with Gasteiger partial charge in [-0.2, -0.15) is 5.10 Å². The third-order valence-electron chi connectivity index (χ3n) is 5.27. The number of aliphatic carboxylic acids is 1. The van der Waals surface area contributed by atoms with Crippen LogP contribution in [0.15, 0.2) is 48.7 Å². The van der Waals surface area contributed by atoms with Crippen LogP contribution in [-0.4, -0.2) is 33.7 Å². The summed E-state index contributed by atoms with van der Waals surface area (Å²) in [6, 6.07) is 13.2. The molecule has 2 aromatic carbocycles. The number of aromatic nitrogens is 2. The Balaban J connectivity index is 1.67. The van der Waals surface area contributed by atoms with Crippen molar-refractivity contribution in [2.24, 2.45) is 0 Å². The lowest BCUT2D eigenvalue weighted by Crippen LogP contribution is -2.30. The number of nitrogens with zero attached hydrogens (tertiary/aromatic N) is 2. The van der Waals surface area contributed by atoms with Crippen molar-refractivity contribution < 1.29 is 14.7 Å². The van der Waals surface area contributed by atoms with Gasteiger partial charge in [-0.25, -0.2) is 0 Å². The molecule has 3 aromatic rings. The first kappa shape index (κ1) is 19.2. The smallest absolute Gasteiger partial charge is 0.303 e. The molecule has 4 rings (SSSR count). The number of nitrogens with one attached hydrogen (secondary N) is 1. The summed E-state index contributed by atoms with van der Waals surface area (Å²) in [6.07, 6.45) is 2.09. The fourth-order valence-corrected chi connectivity index (χ4v) is 3.96. The first-order valence-corrected chi connectivity index (χ1v) is 9.75. The number of anilines is 1. The van der Waals surface area contributed by atoms with Crippen LogP contribution in [0.4, 0.5) is 5.69 Å². The summed E-state index contributed by atoms with van der Waals surface area (Å²) in [4.78, 5) is 26.2. The summed E-state index contributed by atoms with van der Waals surface area (Å²) in [5, 5.41) is 16.7. The number of hydrogen-bond acceptors (Lipinski definition) is 3. The van der Waals surface area contributed by atoms with Gasteiger partial charge in [-0.1, -0.05) is 41.4 Å². The van der Waals surface area contributed by atoms with Gasteiger partial charge in [0.2, 0.25) is 0 Å². The average Bonchev–Trinajstić information content (AvgIpc) is 3.31. The van der Waals surface area contributed by atoms with Crippen molar-refractivity contribution in [1.29, 1.82) is 0 Å². The maximum Gasteiger partial charge on any atom is 0.303 e. The summed E-state index contributed by atoms with van der Waals surface area (Å²) in [5.74, 6) is -0.994. The maximum absolute atomic E-state index is 13.4. The Bertz CT molecular complexity index is 1080. The normalized spacial score (nSPS) is 15.4. The van der Waals surface area contributed by atoms with Gasteiger partial charge in [0, 0.05) is 35.2 Å². The molecule has 29 heavy (non-hydrogen) atoms. The van der Waals surface area contributed by atoms with E-state index in [-0.39, 0.29) is 18.2 Å². The van der Waals surface area contributed by atoms with Gasteiger partial charge in [0.15, 0.2) is 0 Å². The molecule has 0 bridgehead atoms. The predicted molar refractivity (Wildman–Crippen MR) is 112 cm³/mol. The third-order valence-corrected chi connectivity index (χ3v) is 5.52. The van der Waals surface area contributed by atoms with Crippen LogP contribution in [0.5, 0.6) is 0 Å². The lowest BCUT2D eigenvalue weighted by Gasteiger charge is -2.18. The Kier molecular flexibility index (Phi) is 5.11. The highest BCUT2D eigenvalue weighted by molar-refractivity contribution is 6.30. The SMILES string of the molecule is Cc1ccc2c(c1)C(CCC(=O)O)CN2C(=O)c1cn[nH]c1-c1ccc(Cl)cc1. The van der Waals surface area contributed by atoms with Crippen molar-refractivity contribution in [2.45, 2.75) is 25.7 Å². The highest BCUT2D eigenvalue weighted by atomic mass is 35.5. The van der Waals surface area contributed by atoms with E-state index in [4.69, 9.17) is 16.7 Å². The zero-order chi connectivity index (χ0) is 20.5. The van der Waals surface area contributed by atoms with Gasteiger partial charge in [0.05, 0.1) is 17.5 Å². The van der Waals surface area contributed by atoms with Crippen LogP contribution < -0.4 is 4.90 Å². The molecule has 1 aliphatic rings. The number of carbonyl (C=O) groups is 2. The number of rotatable bonds is 5. The van der Waals surface area contributed by atoms with E-state index in [1.807, 2.05) is 37.3 Å². The van der Waals surface area contributed by atoms with Crippen molar-refractivity contribution in [1.82, 2.24) is 10.2 Å². The quantitative estimate of drug-likeness (QED) is 0.642. The number of aromatic amines is 1. The van der Waals surface area contributed by atoms with Gasteiger partial charge in [0.1, 0.15) is 0 Å². The Labute approximate surface area is 173 Å². The lowest BCUT2D eigenvalue weighted by molar-refractivity contribution is -0.137. The molecule has 148 valence electrons. The number of carboxylic acid groups (broad SMARTS) is 1. The summed E-state index contributed by atoms with van der Waals surface area (Å²) in [6.45, 7) is 2.45. The molecular weight excluding hydrogens is 390 g/mol. The molecule has 1 atom stereocenters. The molecule has 7 heteroatoms. The van der Waals surface area contributed by atoms with Crippen molar-refractivity contribution in [3.63, 3.8) is 0 Å². The van der Waals surface area contributed by atoms with Gasteiger partial charge in [-0.15, -0.1) is 0 Å². The maximum atomic E-state index is 13.4. The first-order chi connectivity index (χ1) is 13.9. The minimum absolute atomic E-state index is 0.00386. The van der Waals surface area contributed by atoms with E-state index in [0.29, 0.717) is 29.2 Å². The van der Waals surface area contributed by atoms with Gasteiger partial charge in [-0.05, 0) is 37.1 Å². The van der Waals surface area contributed by atoms with Crippen molar-refractivity contribution in [3.8, 4) is 11.3 Å². The van der Waals surface area contributed by atoms with E-state index in [2.05, 4.69) is 10.2 Å². The van der Waals surface area contributed by atoms with Gasteiger partial charge in [0.25, 0.3) is 5.91 Å². The van der Waals surface area contributed by atoms with Crippen LogP contribution in [0, 0.1) is 6.92 Å². The van der Waals surface area contributed by atoms with Gasteiger partial charge < -0.3 is 10.0 Å². The molecule has 1 aliphatic heterocycles. The molecular formula is C22H20ClN3O3. The minimum atomic E-state index is -0.830. The fraction of sp³-hybridized carbons (Fsp3) is 0.227. The molecule has 2 N–H and O–H groups in total. The number of H-pyrrole nitrogens is 1. The molecule has 2 heterocycles. The summed E-state index contributed by atoms with van der Waals surface area (Å²) in [5.41, 5.74) is 4.87. The van der Waals surface area contributed by atoms with Crippen molar-refractivity contribution in [3.05, 3.63) is 70.4 Å². The second-order valence-electron chi connectivity index (χ2n) is 7.27. The van der Waals surface area contributed by atoms with E-state index in [0.717, 1.165) is 22.4 Å². The second kappa shape index (κ2) is 7.72. The Morgan fingerprint density at radius 1 is 1.24 bits per heavy atom. The first-order valence-electron chi connectivity index (χ1n) is 9.37. The molecule has 0 saturated heterocycles. The largest absolute Gasteiger partial charge is 0.481 e. The molecule has 0 fully saturated rings. The molecule has 1 aromatic heterocycles. The molecule has 0 radical (unpaired) electrons. The molecule has 1 unspecified atom stereocenters. The number of benzene rings is 2. The number of fused-ring (bicyclic) bond motifs is 1. The average molecular weight is 410 g/mol. The number of hydrogen-bond donors (Lipinski definition) is 2. The number of amides is 1. The zero-order valence-corrected chi connectivity index (χ0v) is 16.6. The van der Waals surface area contributed by atoms with Crippen LogP contribution >= 0.6 is 11.6 Å². The minimum Gasteiger partial charge on any atom is -0.481 e. The number of carboxylic acids is 1. The number of halogens is 1. The van der Waals surface area contributed by atoms with Crippen LogP contribution in [0.25, 0.3) is 11.3 Å². The zero-order valence-electron chi connectivity index (χ0n) is 15.9. The topological polar surface area (TPSA) is 86.3 Å². The highest BCUT2D eigenvalue weighted by Gasteiger charge is 2.34. The third kappa shape index (κ3) is 3.76. The van der Waals surface area contributed by atoms with Crippen LogP contribution in [-0.2, 0) is 4.79 Å². The Morgan fingerprint density at radius 2 is 2.00 bits per heavy atom. The van der Waals surface area contributed by atoms with E-state index >= 15 is 0 Å². The summed E-state index contributed by atoms with van der Waals surface area (Å²) < 4.78 is 0. The highest BCUT2D eigenvalue weighted by Crippen LogP contribution is 2.40. The molecule has 1 amide bonds. The predicted octanol–water partition coefficient (Wildman–Crippen LogP) is 4.65. The van der Waals surface area contributed by atoms with Crippen LogP contribution in [0.1, 0.15) is 40.2 Å². The van der Waals surface area contributed by atoms with E-state index in [1.165, 1.54) is 6.20 Å². The van der Waals surface area contributed by atoms with E-state index in [9.17, 15) is 9.59 Å².